The molecule has 0 atom stereocenters. The summed E-state index contributed by atoms with van der Waals surface area (Å²) in [6.07, 6.45) is -2.05. The highest BCUT2D eigenvalue weighted by molar-refractivity contribution is 5.94. The number of amides is 1. The molecule has 2 fully saturated rings. The minimum absolute atomic E-state index is 0. The highest BCUT2D eigenvalue weighted by Gasteiger charge is 2.41. The van der Waals surface area contributed by atoms with E-state index in [0.29, 0.717) is 11.5 Å². The molecule has 0 aromatic heterocycles. The maximum absolute atomic E-state index is 12.8. The summed E-state index contributed by atoms with van der Waals surface area (Å²) in [7, 11) is 0. The van der Waals surface area contributed by atoms with Crippen molar-refractivity contribution in [3.63, 3.8) is 0 Å². The van der Waals surface area contributed by atoms with Crippen LogP contribution < -0.4 is 5.32 Å². The SMILES string of the molecule is Cc1ccc(C(=O)N2CCC(C(F)(F)F)CC2)cc1C1CCNCC1.Cl. The van der Waals surface area contributed by atoms with Crippen molar-refractivity contribution in [2.75, 3.05) is 26.2 Å². The van der Waals surface area contributed by atoms with E-state index in [1.165, 1.54) is 11.1 Å². The van der Waals surface area contributed by atoms with Gasteiger partial charge in [0.15, 0.2) is 0 Å². The topological polar surface area (TPSA) is 32.3 Å². The normalized spacial score (nSPS) is 19.9. The lowest BCUT2D eigenvalue weighted by Crippen LogP contribution is -2.42. The molecule has 1 aromatic carbocycles. The van der Waals surface area contributed by atoms with Gasteiger partial charge in [0.05, 0.1) is 5.92 Å². The van der Waals surface area contributed by atoms with Crippen LogP contribution in [0.3, 0.4) is 0 Å². The van der Waals surface area contributed by atoms with Crippen LogP contribution in [0.15, 0.2) is 18.2 Å². The van der Waals surface area contributed by atoms with Gasteiger partial charge in [0.2, 0.25) is 0 Å². The first-order valence-corrected chi connectivity index (χ1v) is 9.03. The maximum atomic E-state index is 12.8. The van der Waals surface area contributed by atoms with E-state index in [-0.39, 0.29) is 44.2 Å². The van der Waals surface area contributed by atoms with Gasteiger partial charge in [0.25, 0.3) is 5.91 Å². The third-order valence-corrected chi connectivity index (χ3v) is 5.55. The number of alkyl halides is 3. The fourth-order valence-corrected chi connectivity index (χ4v) is 3.94. The van der Waals surface area contributed by atoms with E-state index in [0.717, 1.165) is 25.9 Å². The molecule has 0 radical (unpaired) electrons. The van der Waals surface area contributed by atoms with Crippen LogP contribution in [0.4, 0.5) is 13.2 Å². The number of carbonyl (C=O) groups excluding carboxylic acids is 1. The molecule has 2 aliphatic heterocycles. The smallest absolute Gasteiger partial charge is 0.339 e. The number of aryl methyl sites for hydroxylation is 1. The minimum atomic E-state index is -4.15. The first-order valence-electron chi connectivity index (χ1n) is 9.03. The van der Waals surface area contributed by atoms with Gasteiger partial charge in [-0.1, -0.05) is 6.07 Å². The maximum Gasteiger partial charge on any atom is 0.391 e. The van der Waals surface area contributed by atoms with Crippen molar-refractivity contribution in [3.8, 4) is 0 Å². The Labute approximate surface area is 158 Å². The first kappa shape index (κ1) is 21.0. The average molecular weight is 391 g/mol. The highest BCUT2D eigenvalue weighted by atomic mass is 35.5. The number of nitrogens with one attached hydrogen (secondary N) is 1. The second-order valence-corrected chi connectivity index (χ2v) is 7.20. The van der Waals surface area contributed by atoms with Crippen LogP contribution in [-0.4, -0.2) is 43.2 Å². The molecule has 26 heavy (non-hydrogen) atoms. The zero-order valence-electron chi connectivity index (χ0n) is 14.9. The van der Waals surface area contributed by atoms with Crippen molar-refractivity contribution in [2.45, 2.75) is 44.7 Å². The van der Waals surface area contributed by atoms with Crippen LogP contribution in [-0.2, 0) is 0 Å². The fraction of sp³-hybridized carbons (Fsp3) is 0.632. The van der Waals surface area contributed by atoms with Crippen molar-refractivity contribution < 1.29 is 18.0 Å². The summed E-state index contributed by atoms with van der Waals surface area (Å²) in [6.45, 7) is 4.38. The van der Waals surface area contributed by atoms with Crippen LogP contribution in [0.25, 0.3) is 0 Å². The summed E-state index contributed by atoms with van der Waals surface area (Å²) in [6, 6.07) is 5.73. The zero-order chi connectivity index (χ0) is 18.0. The number of likely N-dealkylation sites (tertiary alicyclic amines) is 1. The monoisotopic (exact) mass is 390 g/mol. The Balaban J connectivity index is 0.00000243. The predicted octanol–water partition coefficient (Wildman–Crippen LogP) is 4.30. The van der Waals surface area contributed by atoms with Crippen molar-refractivity contribution in [3.05, 3.63) is 34.9 Å². The standard InChI is InChI=1S/C19H25F3N2O.ClH/c1-13-2-3-15(12-17(13)14-4-8-23-9-5-14)18(25)24-10-6-16(7-11-24)19(20,21)22;/h2-3,12,14,16,23H,4-11H2,1H3;1H. The second kappa shape index (κ2) is 8.61. The lowest BCUT2D eigenvalue weighted by atomic mass is 9.86. The molecule has 1 N–H and O–H groups in total. The fourth-order valence-electron chi connectivity index (χ4n) is 3.94. The van der Waals surface area contributed by atoms with Crippen LogP contribution >= 0.6 is 12.4 Å². The van der Waals surface area contributed by atoms with Gasteiger partial charge in [-0.25, -0.2) is 0 Å². The molecule has 0 saturated carbocycles. The van der Waals surface area contributed by atoms with Crippen LogP contribution in [0, 0.1) is 12.8 Å². The summed E-state index contributed by atoms with van der Waals surface area (Å²) in [5, 5.41) is 3.34. The van der Waals surface area contributed by atoms with Crippen molar-refractivity contribution in [2.24, 2.45) is 5.92 Å². The molecule has 0 aliphatic carbocycles. The van der Waals surface area contributed by atoms with Crippen LogP contribution in [0.5, 0.6) is 0 Å². The van der Waals surface area contributed by atoms with E-state index < -0.39 is 12.1 Å². The third kappa shape index (κ3) is 4.71. The summed E-state index contributed by atoms with van der Waals surface area (Å²) in [4.78, 5) is 14.3. The van der Waals surface area contributed by atoms with Gasteiger partial charge in [0, 0.05) is 18.7 Å². The number of halogens is 4. The molecule has 146 valence electrons. The number of hydrogen-bond acceptors (Lipinski definition) is 2. The molecular formula is C19H26ClF3N2O. The molecule has 2 saturated heterocycles. The van der Waals surface area contributed by atoms with E-state index in [4.69, 9.17) is 0 Å². The van der Waals surface area contributed by atoms with E-state index in [1.807, 2.05) is 12.1 Å². The molecule has 1 amide bonds. The first-order chi connectivity index (χ1) is 11.9. The van der Waals surface area contributed by atoms with Crippen LogP contribution in [0.2, 0.25) is 0 Å². The highest BCUT2D eigenvalue weighted by Crippen LogP contribution is 2.35. The van der Waals surface area contributed by atoms with Gasteiger partial charge in [-0.3, -0.25) is 4.79 Å². The second-order valence-electron chi connectivity index (χ2n) is 7.20. The molecule has 3 nitrogen and oxygen atoms in total. The Hall–Kier alpha value is -1.27. The zero-order valence-corrected chi connectivity index (χ0v) is 15.8. The van der Waals surface area contributed by atoms with E-state index in [1.54, 1.807) is 11.0 Å². The lowest BCUT2D eigenvalue weighted by molar-refractivity contribution is -0.183. The molecule has 3 rings (SSSR count). The number of nitrogens with zero attached hydrogens (tertiary/aromatic N) is 1. The van der Waals surface area contributed by atoms with Gasteiger partial charge in [-0.05, 0) is 74.9 Å². The summed E-state index contributed by atoms with van der Waals surface area (Å²) in [5.41, 5.74) is 2.99. The number of benzene rings is 1. The van der Waals surface area contributed by atoms with E-state index >= 15 is 0 Å². The molecular weight excluding hydrogens is 365 g/mol. The quantitative estimate of drug-likeness (QED) is 0.816. The summed E-state index contributed by atoms with van der Waals surface area (Å²) < 4.78 is 38.4. The predicted molar refractivity (Wildman–Crippen MR) is 98.0 cm³/mol. The Kier molecular flexibility index (Phi) is 6.97. The lowest BCUT2D eigenvalue weighted by Gasteiger charge is -2.33. The Morgan fingerprint density at radius 2 is 1.73 bits per heavy atom. The van der Waals surface area contributed by atoms with Gasteiger partial charge in [0.1, 0.15) is 0 Å². The van der Waals surface area contributed by atoms with E-state index in [9.17, 15) is 18.0 Å². The number of carbonyl (C=O) groups is 1. The van der Waals surface area contributed by atoms with E-state index in [2.05, 4.69) is 12.2 Å². The van der Waals surface area contributed by atoms with Crippen molar-refractivity contribution >= 4 is 18.3 Å². The molecule has 0 spiro atoms. The van der Waals surface area contributed by atoms with Gasteiger partial charge >= 0.3 is 6.18 Å². The van der Waals surface area contributed by atoms with Gasteiger partial charge in [-0.15, -0.1) is 12.4 Å². The number of hydrogen-bond donors (Lipinski definition) is 1. The van der Waals surface area contributed by atoms with Crippen molar-refractivity contribution in [1.82, 2.24) is 10.2 Å². The molecule has 2 heterocycles. The Morgan fingerprint density at radius 3 is 2.31 bits per heavy atom. The molecule has 0 bridgehead atoms. The summed E-state index contributed by atoms with van der Waals surface area (Å²) >= 11 is 0. The Morgan fingerprint density at radius 1 is 1.12 bits per heavy atom. The van der Waals surface area contributed by atoms with Crippen molar-refractivity contribution in [1.29, 1.82) is 0 Å². The average Bonchev–Trinajstić information content (AvgIpc) is 2.62. The number of piperidine rings is 2. The van der Waals surface area contributed by atoms with Crippen LogP contribution in [0.1, 0.15) is 53.1 Å². The Bertz CT molecular complexity index is 622. The molecule has 1 aromatic rings. The molecule has 2 aliphatic rings. The molecule has 0 unspecified atom stereocenters. The minimum Gasteiger partial charge on any atom is -0.339 e. The summed E-state index contributed by atoms with van der Waals surface area (Å²) in [5.74, 6) is -0.972. The number of rotatable bonds is 2. The van der Waals surface area contributed by atoms with Gasteiger partial charge in [-0.2, -0.15) is 13.2 Å². The third-order valence-electron chi connectivity index (χ3n) is 5.55. The van der Waals surface area contributed by atoms with Gasteiger partial charge < -0.3 is 10.2 Å². The largest absolute Gasteiger partial charge is 0.391 e. The molecule has 7 heteroatoms.